The third-order valence-electron chi connectivity index (χ3n) is 4.21. The van der Waals surface area contributed by atoms with E-state index in [1.165, 1.54) is 7.05 Å². The predicted molar refractivity (Wildman–Crippen MR) is 103 cm³/mol. The average molecular weight is 390 g/mol. The molecule has 1 fully saturated rings. The van der Waals surface area contributed by atoms with Crippen LogP contribution in [0.1, 0.15) is 15.4 Å². The SMILES string of the molecule is CN=C(C(=O)NC1(CO)COC1)c1cc(OCc2cnc(C)s2)ccc1N. The molecular formula is C18H22N4O4S. The Kier molecular flexibility index (Phi) is 5.73. The van der Waals surface area contributed by atoms with Crippen molar-refractivity contribution in [3.05, 3.63) is 39.8 Å². The molecule has 3 rings (SSSR count). The smallest absolute Gasteiger partial charge is 0.270 e. The van der Waals surface area contributed by atoms with Crippen LogP contribution >= 0.6 is 11.3 Å². The normalized spacial score (nSPS) is 15.9. The van der Waals surface area contributed by atoms with E-state index < -0.39 is 11.4 Å². The fourth-order valence-electron chi connectivity index (χ4n) is 2.65. The number of ether oxygens (including phenoxy) is 2. The van der Waals surface area contributed by atoms with E-state index in [2.05, 4.69) is 15.3 Å². The second kappa shape index (κ2) is 8.03. The molecule has 4 N–H and O–H groups in total. The number of hydrogen-bond donors (Lipinski definition) is 3. The van der Waals surface area contributed by atoms with Crippen LogP contribution in [-0.2, 0) is 16.1 Å². The number of nitrogens with two attached hydrogens (primary N) is 1. The summed E-state index contributed by atoms with van der Waals surface area (Å²) in [7, 11) is 1.52. The molecule has 0 unspecified atom stereocenters. The quantitative estimate of drug-likeness (QED) is 0.478. The minimum absolute atomic E-state index is 0.173. The molecule has 1 amide bonds. The van der Waals surface area contributed by atoms with Gasteiger partial charge in [-0.15, -0.1) is 11.3 Å². The van der Waals surface area contributed by atoms with Gasteiger partial charge in [0.15, 0.2) is 0 Å². The summed E-state index contributed by atoms with van der Waals surface area (Å²) in [4.78, 5) is 22.0. The van der Waals surface area contributed by atoms with Gasteiger partial charge in [0.2, 0.25) is 0 Å². The molecule has 1 aliphatic heterocycles. The monoisotopic (exact) mass is 390 g/mol. The predicted octanol–water partition coefficient (Wildman–Crippen LogP) is 0.909. The molecule has 144 valence electrons. The lowest BCUT2D eigenvalue weighted by atomic mass is 9.97. The van der Waals surface area contributed by atoms with Crippen molar-refractivity contribution in [2.24, 2.45) is 4.99 Å². The van der Waals surface area contributed by atoms with Gasteiger partial charge in [0.25, 0.3) is 5.91 Å². The number of aliphatic hydroxyl groups excluding tert-OH is 1. The number of aliphatic hydroxyl groups is 1. The number of benzene rings is 1. The summed E-state index contributed by atoms with van der Waals surface area (Å²) in [6.45, 7) is 2.63. The van der Waals surface area contributed by atoms with E-state index in [0.717, 1.165) is 9.88 Å². The number of thiazole rings is 1. The first-order chi connectivity index (χ1) is 13.0. The molecule has 1 aromatic heterocycles. The maximum atomic E-state index is 12.7. The van der Waals surface area contributed by atoms with E-state index >= 15 is 0 Å². The van der Waals surface area contributed by atoms with Gasteiger partial charge in [-0.2, -0.15) is 0 Å². The zero-order chi connectivity index (χ0) is 19.4. The molecule has 27 heavy (non-hydrogen) atoms. The molecule has 2 aromatic rings. The Bertz CT molecular complexity index is 855. The lowest BCUT2D eigenvalue weighted by Gasteiger charge is -2.40. The Labute approximate surface area is 161 Å². The maximum absolute atomic E-state index is 12.7. The van der Waals surface area contributed by atoms with Crippen LogP contribution in [0.15, 0.2) is 29.4 Å². The minimum Gasteiger partial charge on any atom is -0.488 e. The van der Waals surface area contributed by atoms with Gasteiger partial charge in [-0.3, -0.25) is 9.79 Å². The van der Waals surface area contributed by atoms with Crippen molar-refractivity contribution in [3.8, 4) is 5.75 Å². The number of amides is 1. The highest BCUT2D eigenvalue weighted by atomic mass is 32.1. The highest BCUT2D eigenvalue weighted by molar-refractivity contribution is 7.11. The number of carbonyl (C=O) groups excluding carboxylic acids is 1. The van der Waals surface area contributed by atoms with Gasteiger partial charge in [0, 0.05) is 24.5 Å². The topological polar surface area (TPSA) is 119 Å². The number of nitrogens with one attached hydrogen (secondary N) is 1. The summed E-state index contributed by atoms with van der Waals surface area (Å²) in [6.07, 6.45) is 1.78. The molecule has 1 saturated heterocycles. The van der Waals surface area contributed by atoms with Crippen molar-refractivity contribution < 1.29 is 19.4 Å². The molecule has 9 heteroatoms. The third-order valence-corrected chi connectivity index (χ3v) is 5.09. The fraction of sp³-hybridized carbons (Fsp3) is 0.389. The first-order valence-corrected chi connectivity index (χ1v) is 9.20. The number of aromatic nitrogens is 1. The van der Waals surface area contributed by atoms with Crippen LogP contribution in [0.5, 0.6) is 5.75 Å². The first kappa shape index (κ1) is 19.3. The number of carbonyl (C=O) groups is 1. The summed E-state index contributed by atoms with van der Waals surface area (Å²) in [6, 6.07) is 5.11. The summed E-state index contributed by atoms with van der Waals surface area (Å²) < 4.78 is 10.9. The summed E-state index contributed by atoms with van der Waals surface area (Å²) >= 11 is 1.56. The molecule has 0 radical (unpaired) electrons. The largest absolute Gasteiger partial charge is 0.488 e. The van der Waals surface area contributed by atoms with E-state index in [9.17, 15) is 9.90 Å². The molecule has 0 atom stereocenters. The van der Waals surface area contributed by atoms with Crippen molar-refractivity contribution >= 4 is 28.6 Å². The van der Waals surface area contributed by atoms with Gasteiger partial charge in [0.1, 0.15) is 23.6 Å². The van der Waals surface area contributed by atoms with Crippen molar-refractivity contribution in [2.45, 2.75) is 19.1 Å². The van der Waals surface area contributed by atoms with Crippen LogP contribution in [0, 0.1) is 6.92 Å². The van der Waals surface area contributed by atoms with Gasteiger partial charge < -0.3 is 25.6 Å². The fourth-order valence-corrected chi connectivity index (χ4v) is 3.36. The molecule has 0 bridgehead atoms. The molecule has 0 aliphatic carbocycles. The molecular weight excluding hydrogens is 368 g/mol. The van der Waals surface area contributed by atoms with E-state index in [4.69, 9.17) is 15.2 Å². The highest BCUT2D eigenvalue weighted by Crippen LogP contribution is 2.24. The van der Waals surface area contributed by atoms with Crippen LogP contribution in [0.2, 0.25) is 0 Å². The Morgan fingerprint density at radius 2 is 2.30 bits per heavy atom. The molecule has 1 aliphatic rings. The second-order valence-electron chi connectivity index (χ2n) is 6.34. The number of hydrogen-bond acceptors (Lipinski definition) is 8. The lowest BCUT2D eigenvalue weighted by Crippen LogP contribution is -2.65. The molecule has 0 saturated carbocycles. The van der Waals surface area contributed by atoms with Crippen LogP contribution in [0.3, 0.4) is 0 Å². The minimum atomic E-state index is -0.764. The first-order valence-electron chi connectivity index (χ1n) is 8.38. The summed E-state index contributed by atoms with van der Waals surface area (Å²) in [5.74, 6) is 0.153. The zero-order valence-corrected chi connectivity index (χ0v) is 16.0. The number of nitrogen functional groups attached to an aromatic ring is 1. The van der Waals surface area contributed by atoms with Crippen molar-refractivity contribution in [2.75, 3.05) is 32.6 Å². The van der Waals surface area contributed by atoms with Crippen LogP contribution in [0.4, 0.5) is 5.69 Å². The summed E-state index contributed by atoms with van der Waals surface area (Å²) in [5.41, 5.74) is 6.35. The lowest BCUT2D eigenvalue weighted by molar-refractivity contribution is -0.131. The Morgan fingerprint density at radius 3 is 2.85 bits per heavy atom. The third kappa shape index (κ3) is 4.26. The van der Waals surface area contributed by atoms with Crippen LogP contribution < -0.4 is 15.8 Å². The molecule has 0 spiro atoms. The van der Waals surface area contributed by atoms with Crippen molar-refractivity contribution in [1.82, 2.24) is 10.3 Å². The van der Waals surface area contributed by atoms with E-state index in [1.54, 1.807) is 35.7 Å². The van der Waals surface area contributed by atoms with Gasteiger partial charge >= 0.3 is 0 Å². The maximum Gasteiger partial charge on any atom is 0.270 e. The molecule has 8 nitrogen and oxygen atoms in total. The molecule has 2 heterocycles. The summed E-state index contributed by atoms with van der Waals surface area (Å²) in [5, 5.41) is 13.3. The van der Waals surface area contributed by atoms with Gasteiger partial charge in [-0.1, -0.05) is 0 Å². The Balaban J connectivity index is 1.76. The van der Waals surface area contributed by atoms with Crippen LogP contribution in [-0.4, -0.2) is 54.1 Å². The zero-order valence-electron chi connectivity index (χ0n) is 15.2. The second-order valence-corrected chi connectivity index (χ2v) is 7.66. The van der Waals surface area contributed by atoms with Gasteiger partial charge in [-0.25, -0.2) is 4.98 Å². The van der Waals surface area contributed by atoms with Crippen molar-refractivity contribution in [1.29, 1.82) is 0 Å². The van der Waals surface area contributed by atoms with Gasteiger partial charge in [0.05, 0.1) is 29.7 Å². The number of anilines is 1. The van der Waals surface area contributed by atoms with Gasteiger partial charge in [-0.05, 0) is 25.1 Å². The molecule has 1 aromatic carbocycles. The number of nitrogens with zero attached hydrogens (tertiary/aromatic N) is 2. The number of aryl methyl sites for hydroxylation is 1. The van der Waals surface area contributed by atoms with E-state index in [0.29, 0.717) is 23.6 Å². The highest BCUT2D eigenvalue weighted by Gasteiger charge is 2.40. The van der Waals surface area contributed by atoms with Crippen LogP contribution in [0.25, 0.3) is 0 Å². The number of aliphatic imine (C=N–C) groups is 1. The Morgan fingerprint density at radius 1 is 1.52 bits per heavy atom. The average Bonchev–Trinajstić information content (AvgIpc) is 3.04. The Hall–Kier alpha value is -2.49. The van der Waals surface area contributed by atoms with E-state index in [1.807, 2.05) is 6.92 Å². The van der Waals surface area contributed by atoms with E-state index in [-0.39, 0.29) is 25.5 Å². The number of rotatable bonds is 7. The van der Waals surface area contributed by atoms with Crippen molar-refractivity contribution in [3.63, 3.8) is 0 Å². The standard InChI is InChI=1S/C18H22N4O4S/c1-11-21-6-13(27-11)7-26-12-3-4-15(19)14(5-12)16(20-2)17(24)22-18(8-23)9-25-10-18/h3-6,23H,7-10,19H2,1-2H3,(H,22,24).